The summed E-state index contributed by atoms with van der Waals surface area (Å²) in [7, 11) is 0. The van der Waals surface area contributed by atoms with Gasteiger partial charge in [0.15, 0.2) is 5.82 Å². The van der Waals surface area contributed by atoms with E-state index in [1.807, 2.05) is 24.8 Å². The highest BCUT2D eigenvalue weighted by Gasteiger charge is 2.12. The van der Waals surface area contributed by atoms with E-state index in [-0.39, 0.29) is 5.75 Å². The van der Waals surface area contributed by atoms with E-state index < -0.39 is 0 Å². The van der Waals surface area contributed by atoms with Crippen molar-refractivity contribution in [2.75, 3.05) is 11.4 Å². The zero-order valence-corrected chi connectivity index (χ0v) is 11.2. The molecule has 2 aromatic rings. The molecule has 1 aromatic heterocycles. The molecule has 3 N–H and O–H groups in total. The van der Waals surface area contributed by atoms with Gasteiger partial charge in [-0.3, -0.25) is 4.98 Å². The average Bonchev–Trinajstić information content (AvgIpc) is 2.44. The van der Waals surface area contributed by atoms with Crippen molar-refractivity contribution < 1.29 is 5.11 Å². The fraction of sp³-hybridized carbons (Fsp3) is 0.286. The Morgan fingerprint density at radius 1 is 1.26 bits per heavy atom. The Morgan fingerprint density at radius 2 is 2.05 bits per heavy atom. The van der Waals surface area contributed by atoms with Crippen LogP contribution >= 0.6 is 0 Å². The number of nitrogens with zero attached hydrogens (tertiary/aromatic N) is 3. The maximum Gasteiger partial charge on any atom is 0.151 e. The molecule has 5 heteroatoms. The van der Waals surface area contributed by atoms with Crippen LogP contribution in [0.3, 0.4) is 0 Å². The van der Waals surface area contributed by atoms with Crippen LogP contribution in [0.5, 0.6) is 5.75 Å². The molecule has 5 nitrogen and oxygen atoms in total. The zero-order chi connectivity index (χ0) is 13.8. The van der Waals surface area contributed by atoms with Crippen LogP contribution in [-0.2, 0) is 6.54 Å². The van der Waals surface area contributed by atoms with E-state index in [9.17, 15) is 5.11 Å². The molecule has 2 rings (SSSR count). The summed E-state index contributed by atoms with van der Waals surface area (Å²) in [5.74, 6) is 0.985. The molecule has 0 aliphatic rings. The predicted octanol–water partition coefficient (Wildman–Crippen LogP) is 2.11. The molecule has 0 saturated carbocycles. The number of anilines is 2. The van der Waals surface area contributed by atoms with Gasteiger partial charge in [-0.1, -0.05) is 6.07 Å². The van der Waals surface area contributed by atoms with Crippen LogP contribution in [0.15, 0.2) is 30.6 Å². The van der Waals surface area contributed by atoms with Gasteiger partial charge in [0.25, 0.3) is 0 Å². The van der Waals surface area contributed by atoms with Gasteiger partial charge in [-0.15, -0.1) is 0 Å². The zero-order valence-electron chi connectivity index (χ0n) is 11.2. The highest BCUT2D eigenvalue weighted by atomic mass is 16.3. The lowest BCUT2D eigenvalue weighted by atomic mass is 10.1. The second-order valence-electron chi connectivity index (χ2n) is 4.29. The fourth-order valence-corrected chi connectivity index (χ4v) is 1.94. The van der Waals surface area contributed by atoms with Gasteiger partial charge in [0, 0.05) is 24.8 Å². The molecule has 100 valence electrons. The number of rotatable bonds is 4. The highest BCUT2D eigenvalue weighted by molar-refractivity contribution is 5.64. The Morgan fingerprint density at radius 3 is 2.63 bits per heavy atom. The van der Waals surface area contributed by atoms with Crippen molar-refractivity contribution >= 4 is 11.5 Å². The summed E-state index contributed by atoms with van der Waals surface area (Å²) in [5.41, 5.74) is 8.27. The smallest absolute Gasteiger partial charge is 0.151 e. The van der Waals surface area contributed by atoms with E-state index in [1.54, 1.807) is 24.5 Å². The number of phenols is 1. The van der Waals surface area contributed by atoms with E-state index in [1.165, 1.54) is 0 Å². The molecule has 1 heterocycles. The third kappa shape index (κ3) is 2.82. The van der Waals surface area contributed by atoms with Crippen molar-refractivity contribution in [3.8, 4) is 5.75 Å². The number of nitrogens with two attached hydrogens (primary N) is 1. The lowest BCUT2D eigenvalue weighted by Crippen LogP contribution is -2.19. The van der Waals surface area contributed by atoms with Crippen LogP contribution in [0.1, 0.15) is 18.2 Å². The van der Waals surface area contributed by atoms with E-state index in [2.05, 4.69) is 9.97 Å². The van der Waals surface area contributed by atoms with Crippen molar-refractivity contribution in [2.45, 2.75) is 20.4 Å². The largest absolute Gasteiger partial charge is 0.508 e. The van der Waals surface area contributed by atoms with Crippen molar-refractivity contribution in [1.82, 2.24) is 9.97 Å². The Kier molecular flexibility index (Phi) is 3.97. The third-order valence-electron chi connectivity index (χ3n) is 2.98. The van der Waals surface area contributed by atoms with Gasteiger partial charge in [0.1, 0.15) is 5.75 Å². The van der Waals surface area contributed by atoms with Crippen LogP contribution in [0, 0.1) is 6.92 Å². The van der Waals surface area contributed by atoms with Gasteiger partial charge in [-0.25, -0.2) is 4.98 Å². The molecule has 0 bridgehead atoms. The van der Waals surface area contributed by atoms with Crippen LogP contribution in [0.2, 0.25) is 0 Å². The highest BCUT2D eigenvalue weighted by Crippen LogP contribution is 2.29. The van der Waals surface area contributed by atoms with Crippen LogP contribution in [0.4, 0.5) is 11.5 Å². The monoisotopic (exact) mass is 258 g/mol. The number of aromatic nitrogens is 2. The molecule has 0 radical (unpaired) electrons. The Hall–Kier alpha value is -2.14. The molecular weight excluding hydrogens is 240 g/mol. The lowest BCUT2D eigenvalue weighted by molar-refractivity contribution is 0.475. The minimum Gasteiger partial charge on any atom is -0.508 e. The Labute approximate surface area is 112 Å². The second kappa shape index (κ2) is 5.67. The minimum absolute atomic E-state index is 0.241. The first-order valence-corrected chi connectivity index (χ1v) is 6.23. The SMILES string of the molecule is CCN(c1cnc(CN)cn1)c1cc(O)ccc1C. The number of aromatic hydroxyl groups is 1. The number of phenolic OH excluding ortho intramolecular Hbond substituents is 1. The number of benzene rings is 1. The minimum atomic E-state index is 0.241. The standard InChI is InChI=1S/C14H18N4O/c1-3-18(13-6-12(19)5-4-10(13)2)14-9-16-11(7-15)8-17-14/h4-6,8-9,19H,3,7,15H2,1-2H3. The van der Waals surface area contributed by atoms with E-state index in [0.29, 0.717) is 6.54 Å². The predicted molar refractivity (Wildman–Crippen MR) is 75.4 cm³/mol. The first-order chi connectivity index (χ1) is 9.15. The van der Waals surface area contributed by atoms with Crippen LogP contribution in [0.25, 0.3) is 0 Å². The van der Waals surface area contributed by atoms with Gasteiger partial charge in [-0.2, -0.15) is 0 Å². The molecule has 1 aromatic carbocycles. The Balaban J connectivity index is 2.40. The summed E-state index contributed by atoms with van der Waals surface area (Å²) in [6, 6.07) is 5.29. The molecule has 0 saturated heterocycles. The molecule has 0 unspecified atom stereocenters. The molecule has 0 fully saturated rings. The van der Waals surface area contributed by atoms with Crippen molar-refractivity contribution in [1.29, 1.82) is 0 Å². The summed E-state index contributed by atoms with van der Waals surface area (Å²) in [5, 5.41) is 9.63. The number of hydrogen-bond acceptors (Lipinski definition) is 5. The van der Waals surface area contributed by atoms with Crippen molar-refractivity contribution in [2.24, 2.45) is 5.73 Å². The number of aryl methyl sites for hydroxylation is 1. The van der Waals surface area contributed by atoms with Crippen LogP contribution < -0.4 is 10.6 Å². The van der Waals surface area contributed by atoms with Gasteiger partial charge < -0.3 is 15.7 Å². The second-order valence-corrected chi connectivity index (χ2v) is 4.29. The summed E-state index contributed by atoms with van der Waals surface area (Å²) in [6.07, 6.45) is 3.38. The van der Waals surface area contributed by atoms with E-state index >= 15 is 0 Å². The van der Waals surface area contributed by atoms with Gasteiger partial charge in [0.2, 0.25) is 0 Å². The van der Waals surface area contributed by atoms with E-state index in [0.717, 1.165) is 29.3 Å². The maximum atomic E-state index is 9.63. The van der Waals surface area contributed by atoms with Crippen molar-refractivity contribution in [3.05, 3.63) is 41.9 Å². The van der Waals surface area contributed by atoms with Crippen LogP contribution in [-0.4, -0.2) is 21.6 Å². The van der Waals surface area contributed by atoms with Gasteiger partial charge in [-0.05, 0) is 25.5 Å². The maximum absolute atomic E-state index is 9.63. The van der Waals surface area contributed by atoms with Gasteiger partial charge >= 0.3 is 0 Å². The normalized spacial score (nSPS) is 10.5. The number of hydrogen-bond donors (Lipinski definition) is 2. The Bertz CT molecular complexity index is 554. The summed E-state index contributed by atoms with van der Waals surface area (Å²) >= 11 is 0. The fourth-order valence-electron chi connectivity index (χ4n) is 1.94. The molecule has 0 spiro atoms. The average molecular weight is 258 g/mol. The summed E-state index contributed by atoms with van der Waals surface area (Å²) in [6.45, 7) is 5.15. The third-order valence-corrected chi connectivity index (χ3v) is 2.98. The molecule has 0 atom stereocenters. The first kappa shape index (κ1) is 13.3. The quantitative estimate of drug-likeness (QED) is 0.878. The molecule has 0 aliphatic carbocycles. The molecule has 0 amide bonds. The van der Waals surface area contributed by atoms with E-state index in [4.69, 9.17) is 5.73 Å². The molecule has 19 heavy (non-hydrogen) atoms. The topological polar surface area (TPSA) is 75.3 Å². The summed E-state index contributed by atoms with van der Waals surface area (Å²) in [4.78, 5) is 10.6. The molecular formula is C14H18N4O. The first-order valence-electron chi connectivity index (χ1n) is 6.23. The summed E-state index contributed by atoms with van der Waals surface area (Å²) < 4.78 is 0. The van der Waals surface area contributed by atoms with Gasteiger partial charge in [0.05, 0.1) is 18.1 Å². The van der Waals surface area contributed by atoms with Crippen molar-refractivity contribution in [3.63, 3.8) is 0 Å². The lowest BCUT2D eigenvalue weighted by Gasteiger charge is -2.23. The molecule has 0 aliphatic heterocycles.